The van der Waals surface area contributed by atoms with Gasteiger partial charge in [0.15, 0.2) is 17.5 Å². The molecule has 57 heavy (non-hydrogen) atoms. The van der Waals surface area contributed by atoms with Crippen molar-refractivity contribution < 1.29 is 8.83 Å². The summed E-state index contributed by atoms with van der Waals surface area (Å²) in [6.07, 6.45) is 0. The summed E-state index contributed by atoms with van der Waals surface area (Å²) in [5, 5.41) is 4.03. The topological polar surface area (TPSA) is 68.2 Å². The highest BCUT2D eigenvalue weighted by Gasteiger charge is 2.19. The summed E-state index contributed by atoms with van der Waals surface area (Å²) in [5.74, 6) is 1.76. The van der Waals surface area contributed by atoms with Gasteiger partial charge >= 0.3 is 0 Å². The minimum Gasteiger partial charge on any atom is -0.456 e. The van der Waals surface area contributed by atoms with Crippen LogP contribution < -0.4 is 4.90 Å². The summed E-state index contributed by atoms with van der Waals surface area (Å²) in [5.41, 5.74) is 11.3. The van der Waals surface area contributed by atoms with Crippen LogP contribution in [0.5, 0.6) is 0 Å². The van der Waals surface area contributed by atoms with Crippen LogP contribution in [0.1, 0.15) is 0 Å². The number of para-hydroxylation sites is 3. The second kappa shape index (κ2) is 13.5. The van der Waals surface area contributed by atoms with Gasteiger partial charge in [-0.2, -0.15) is 0 Å². The summed E-state index contributed by atoms with van der Waals surface area (Å²) < 4.78 is 12.7. The lowest BCUT2D eigenvalue weighted by Gasteiger charge is -2.25. The minimum absolute atomic E-state index is 0.574. The molecule has 0 bridgehead atoms. The molecule has 0 aliphatic rings. The first-order valence-electron chi connectivity index (χ1n) is 18.9. The minimum atomic E-state index is 0.574. The molecule has 3 aromatic heterocycles. The normalized spacial score (nSPS) is 11.5. The largest absolute Gasteiger partial charge is 0.456 e. The molecule has 0 unspecified atom stereocenters. The molecule has 0 amide bonds. The van der Waals surface area contributed by atoms with E-state index in [1.165, 1.54) is 0 Å². The monoisotopic (exact) mass is 732 g/mol. The van der Waals surface area contributed by atoms with Gasteiger partial charge in [0.25, 0.3) is 0 Å². The quantitative estimate of drug-likeness (QED) is 0.162. The molecule has 0 atom stereocenters. The van der Waals surface area contributed by atoms with E-state index in [-0.39, 0.29) is 0 Å². The third-order valence-electron chi connectivity index (χ3n) is 10.5. The van der Waals surface area contributed by atoms with Crippen LogP contribution in [0.25, 0.3) is 89.2 Å². The molecule has 6 nitrogen and oxygen atoms in total. The number of nitrogens with zero attached hydrogens (tertiary/aromatic N) is 4. The molecule has 0 saturated heterocycles. The van der Waals surface area contributed by atoms with Crippen molar-refractivity contribution in [3.05, 3.63) is 194 Å². The van der Waals surface area contributed by atoms with Crippen LogP contribution in [0.3, 0.4) is 0 Å². The molecule has 0 fully saturated rings. The van der Waals surface area contributed by atoms with Gasteiger partial charge in [-0.3, -0.25) is 0 Å². The van der Waals surface area contributed by atoms with Crippen molar-refractivity contribution in [1.82, 2.24) is 15.0 Å². The number of aromatic nitrogens is 3. The summed E-state index contributed by atoms with van der Waals surface area (Å²) >= 11 is 0. The van der Waals surface area contributed by atoms with E-state index in [1.54, 1.807) is 0 Å². The zero-order valence-electron chi connectivity index (χ0n) is 30.6. The second-order valence-electron chi connectivity index (χ2n) is 14.0. The maximum Gasteiger partial charge on any atom is 0.164 e. The lowest BCUT2D eigenvalue weighted by Crippen LogP contribution is -2.09. The molecule has 0 aliphatic heterocycles. The average Bonchev–Trinajstić information content (AvgIpc) is 3.85. The Morgan fingerprint density at radius 3 is 1.63 bits per heavy atom. The molecule has 6 heteroatoms. The standard InChI is InChI=1S/C51H32N4O2/c1-4-13-34(14-5-1)49-52-50(36-26-30-45-43(31-36)40-19-10-11-21-44(40)56-45)54-51(53-49)42-20-12-22-46-48(42)41-29-25-35(32-47(41)57-46)33-23-27-39(28-24-33)55(37-15-6-2-7-16-37)38-17-8-3-9-18-38/h1-32H. The highest BCUT2D eigenvalue weighted by molar-refractivity contribution is 6.12. The van der Waals surface area contributed by atoms with E-state index < -0.39 is 0 Å². The van der Waals surface area contributed by atoms with E-state index in [0.29, 0.717) is 17.5 Å². The van der Waals surface area contributed by atoms with E-state index in [0.717, 1.165) is 88.8 Å². The summed E-state index contributed by atoms with van der Waals surface area (Å²) in [7, 11) is 0. The van der Waals surface area contributed by atoms with Gasteiger partial charge in [0.1, 0.15) is 22.3 Å². The van der Waals surface area contributed by atoms with E-state index >= 15 is 0 Å². The molecule has 0 saturated carbocycles. The molecular weight excluding hydrogens is 701 g/mol. The maximum atomic E-state index is 6.57. The van der Waals surface area contributed by atoms with Crippen LogP contribution in [0.4, 0.5) is 17.1 Å². The zero-order valence-corrected chi connectivity index (χ0v) is 30.6. The van der Waals surface area contributed by atoms with E-state index in [2.05, 4.69) is 114 Å². The summed E-state index contributed by atoms with van der Waals surface area (Å²) in [4.78, 5) is 17.5. The van der Waals surface area contributed by atoms with Gasteiger partial charge in [-0.15, -0.1) is 0 Å². The third-order valence-corrected chi connectivity index (χ3v) is 10.5. The highest BCUT2D eigenvalue weighted by atomic mass is 16.3. The third kappa shape index (κ3) is 5.79. The maximum absolute atomic E-state index is 6.57. The number of anilines is 3. The molecule has 0 aliphatic carbocycles. The highest BCUT2D eigenvalue weighted by Crippen LogP contribution is 2.40. The first kappa shape index (κ1) is 32.6. The van der Waals surface area contributed by atoms with Gasteiger partial charge in [0.05, 0.1) is 0 Å². The van der Waals surface area contributed by atoms with Crippen molar-refractivity contribution in [3.8, 4) is 45.3 Å². The molecule has 0 radical (unpaired) electrons. The van der Waals surface area contributed by atoms with E-state index in [4.69, 9.17) is 23.8 Å². The fourth-order valence-corrected chi connectivity index (χ4v) is 7.80. The number of hydrogen-bond donors (Lipinski definition) is 0. The SMILES string of the molecule is c1ccc(-c2nc(-c3ccc4oc5ccccc5c4c3)nc(-c3cccc4oc5cc(-c6ccc(N(c7ccccc7)c7ccccc7)cc6)ccc5c34)n2)cc1. The second-order valence-corrected chi connectivity index (χ2v) is 14.0. The first-order valence-corrected chi connectivity index (χ1v) is 18.9. The lowest BCUT2D eigenvalue weighted by molar-refractivity contribution is 0.668. The van der Waals surface area contributed by atoms with Gasteiger partial charge in [0.2, 0.25) is 0 Å². The lowest BCUT2D eigenvalue weighted by atomic mass is 10.0. The molecule has 8 aromatic carbocycles. The Bertz CT molecular complexity index is 3190. The molecule has 3 heterocycles. The molecule has 0 spiro atoms. The predicted molar refractivity (Wildman–Crippen MR) is 231 cm³/mol. The van der Waals surface area contributed by atoms with Crippen LogP contribution in [0.15, 0.2) is 203 Å². The van der Waals surface area contributed by atoms with Gasteiger partial charge in [0, 0.05) is 55.3 Å². The van der Waals surface area contributed by atoms with Crippen molar-refractivity contribution in [2.45, 2.75) is 0 Å². The Morgan fingerprint density at radius 1 is 0.316 bits per heavy atom. The van der Waals surface area contributed by atoms with Crippen LogP contribution in [0.2, 0.25) is 0 Å². The van der Waals surface area contributed by atoms with Crippen molar-refractivity contribution in [2.24, 2.45) is 0 Å². The Hall–Kier alpha value is -7.83. The summed E-state index contributed by atoms with van der Waals surface area (Å²) in [6.45, 7) is 0. The number of fused-ring (bicyclic) bond motifs is 6. The fraction of sp³-hybridized carbons (Fsp3) is 0. The Labute approximate surface area is 328 Å². The Morgan fingerprint density at radius 2 is 0.877 bits per heavy atom. The van der Waals surface area contributed by atoms with Crippen molar-refractivity contribution >= 4 is 60.9 Å². The van der Waals surface area contributed by atoms with Gasteiger partial charge in [-0.1, -0.05) is 115 Å². The van der Waals surface area contributed by atoms with Crippen LogP contribution >= 0.6 is 0 Å². The molecular formula is C51H32N4O2. The fourth-order valence-electron chi connectivity index (χ4n) is 7.80. The smallest absolute Gasteiger partial charge is 0.164 e. The number of furan rings is 2. The van der Waals surface area contributed by atoms with Crippen LogP contribution in [-0.2, 0) is 0 Å². The predicted octanol–water partition coefficient (Wildman–Crippen LogP) is 13.8. The van der Waals surface area contributed by atoms with Gasteiger partial charge in [-0.25, -0.2) is 15.0 Å². The Balaban J connectivity index is 1.00. The van der Waals surface area contributed by atoms with E-state index in [9.17, 15) is 0 Å². The molecule has 11 rings (SSSR count). The van der Waals surface area contributed by atoms with Crippen molar-refractivity contribution in [1.29, 1.82) is 0 Å². The number of hydrogen-bond acceptors (Lipinski definition) is 6. The molecule has 11 aromatic rings. The molecule has 268 valence electrons. The van der Waals surface area contributed by atoms with Crippen molar-refractivity contribution in [2.75, 3.05) is 4.90 Å². The van der Waals surface area contributed by atoms with E-state index in [1.807, 2.05) is 84.9 Å². The van der Waals surface area contributed by atoms with Gasteiger partial charge in [-0.05, 0) is 90.0 Å². The molecule has 0 N–H and O–H groups in total. The van der Waals surface area contributed by atoms with Crippen molar-refractivity contribution in [3.63, 3.8) is 0 Å². The average molecular weight is 733 g/mol. The first-order chi connectivity index (χ1) is 28.2. The Kier molecular flexibility index (Phi) is 7.71. The number of rotatable bonds is 7. The zero-order chi connectivity index (χ0) is 37.7. The van der Waals surface area contributed by atoms with Crippen LogP contribution in [-0.4, -0.2) is 15.0 Å². The van der Waals surface area contributed by atoms with Gasteiger partial charge < -0.3 is 13.7 Å². The van der Waals surface area contributed by atoms with Crippen LogP contribution in [0, 0.1) is 0 Å². The number of benzene rings is 8. The summed E-state index contributed by atoms with van der Waals surface area (Å²) in [6, 6.07) is 66.3.